The Labute approximate surface area is 117 Å². The Morgan fingerprint density at radius 1 is 1.00 bits per heavy atom. The summed E-state index contributed by atoms with van der Waals surface area (Å²) in [6.45, 7) is -3.07. The highest BCUT2D eigenvalue weighted by molar-refractivity contribution is 6.02. The Morgan fingerprint density at radius 3 is 1.95 bits per heavy atom. The van der Waals surface area contributed by atoms with Crippen LogP contribution in [0.25, 0.3) is 0 Å². The second-order valence-corrected chi connectivity index (χ2v) is 3.86. The minimum Gasteiger partial charge on any atom is -0.315 e. The van der Waals surface area contributed by atoms with Crippen LogP contribution in [0.15, 0.2) is 12.3 Å². The van der Waals surface area contributed by atoms with Gasteiger partial charge in [-0.25, -0.2) is 26.6 Å². The topological polar surface area (TPSA) is 46.9 Å². The van der Waals surface area contributed by atoms with E-state index in [4.69, 9.17) is 0 Å². The molecule has 0 aliphatic carbocycles. The minimum atomic E-state index is -3.07. The zero-order chi connectivity index (χ0) is 16.6. The van der Waals surface area contributed by atoms with Crippen molar-refractivity contribution in [3.05, 3.63) is 47.0 Å². The molecule has 1 N–H and O–H groups in total. The van der Waals surface area contributed by atoms with Gasteiger partial charge in [-0.1, -0.05) is 0 Å². The highest BCUT2D eigenvalue weighted by Crippen LogP contribution is 2.27. The summed E-state index contributed by atoms with van der Waals surface area (Å²) in [5.74, 6) is -12.9. The lowest BCUT2D eigenvalue weighted by Crippen LogP contribution is -2.18. The fourth-order valence-corrected chi connectivity index (χ4v) is 1.46. The molecule has 4 nitrogen and oxygen atoms in total. The van der Waals surface area contributed by atoms with Crippen molar-refractivity contribution in [2.75, 3.05) is 5.32 Å². The molecule has 22 heavy (non-hydrogen) atoms. The summed E-state index contributed by atoms with van der Waals surface area (Å²) in [4.78, 5) is 11.6. The van der Waals surface area contributed by atoms with Gasteiger partial charge in [0.25, 0.3) is 5.91 Å². The lowest BCUT2D eigenvalue weighted by Gasteiger charge is -2.08. The van der Waals surface area contributed by atoms with Crippen LogP contribution in [0.5, 0.6) is 0 Å². The molecule has 11 heteroatoms. The van der Waals surface area contributed by atoms with E-state index in [0.717, 1.165) is 6.07 Å². The molecular formula is C11H4F7N3O. The Morgan fingerprint density at radius 2 is 1.50 bits per heavy atom. The standard InChI is InChI=1S/C11H4F7N3O/c12-4-5(13)7(15)9(8(16)6(4)14)19-10(22)3-1-2-21(20-3)11(17)18/h1-2,11H,(H,19,22). The van der Waals surface area contributed by atoms with E-state index in [9.17, 15) is 35.5 Å². The van der Waals surface area contributed by atoms with Crippen molar-refractivity contribution in [1.82, 2.24) is 9.78 Å². The summed E-state index contributed by atoms with van der Waals surface area (Å²) >= 11 is 0. The summed E-state index contributed by atoms with van der Waals surface area (Å²) in [5, 5.41) is 4.48. The van der Waals surface area contributed by atoms with E-state index in [1.54, 1.807) is 0 Å². The van der Waals surface area contributed by atoms with Crippen LogP contribution >= 0.6 is 0 Å². The third-order valence-corrected chi connectivity index (χ3v) is 2.49. The van der Waals surface area contributed by atoms with Gasteiger partial charge in [-0.3, -0.25) is 4.79 Å². The third kappa shape index (κ3) is 2.61. The molecular weight excluding hydrogens is 323 g/mol. The molecule has 0 saturated carbocycles. The molecule has 118 valence electrons. The second kappa shape index (κ2) is 5.66. The van der Waals surface area contributed by atoms with Crippen molar-refractivity contribution >= 4 is 11.6 Å². The zero-order valence-electron chi connectivity index (χ0n) is 10.2. The van der Waals surface area contributed by atoms with Gasteiger partial charge in [-0.05, 0) is 6.07 Å². The number of carbonyl (C=O) groups is 1. The first-order chi connectivity index (χ1) is 10.2. The molecule has 1 heterocycles. The predicted octanol–water partition coefficient (Wildman–Crippen LogP) is 3.23. The second-order valence-electron chi connectivity index (χ2n) is 3.86. The summed E-state index contributed by atoms with van der Waals surface area (Å²) < 4.78 is 89.9. The first kappa shape index (κ1) is 15.8. The van der Waals surface area contributed by atoms with E-state index in [0.29, 0.717) is 6.20 Å². The van der Waals surface area contributed by atoms with E-state index in [-0.39, 0.29) is 4.68 Å². The number of halogens is 7. The van der Waals surface area contributed by atoms with Crippen LogP contribution in [0.1, 0.15) is 17.0 Å². The Hall–Kier alpha value is -2.59. The molecule has 0 spiro atoms. The highest BCUT2D eigenvalue weighted by atomic mass is 19.3. The van der Waals surface area contributed by atoms with Crippen molar-refractivity contribution in [1.29, 1.82) is 0 Å². The summed E-state index contributed by atoms with van der Waals surface area (Å²) in [7, 11) is 0. The molecule has 0 bridgehead atoms. The van der Waals surface area contributed by atoms with Crippen LogP contribution in [-0.2, 0) is 0 Å². The molecule has 0 aliphatic heterocycles. The molecule has 0 unspecified atom stereocenters. The normalized spacial score (nSPS) is 11.1. The van der Waals surface area contributed by atoms with Gasteiger partial charge in [0.05, 0.1) is 0 Å². The van der Waals surface area contributed by atoms with Crippen LogP contribution < -0.4 is 5.32 Å². The smallest absolute Gasteiger partial charge is 0.315 e. The predicted molar refractivity (Wildman–Crippen MR) is 57.7 cm³/mol. The van der Waals surface area contributed by atoms with Crippen LogP contribution in [0.3, 0.4) is 0 Å². The van der Waals surface area contributed by atoms with Crippen LogP contribution in [0.4, 0.5) is 36.4 Å². The van der Waals surface area contributed by atoms with E-state index in [2.05, 4.69) is 5.10 Å². The minimum absolute atomic E-state index is 0.0630. The van der Waals surface area contributed by atoms with Gasteiger partial charge < -0.3 is 5.32 Å². The van der Waals surface area contributed by atoms with Crippen molar-refractivity contribution in [2.45, 2.75) is 6.55 Å². The van der Waals surface area contributed by atoms with Crippen molar-refractivity contribution in [2.24, 2.45) is 0 Å². The fourth-order valence-electron chi connectivity index (χ4n) is 1.46. The quantitative estimate of drug-likeness (QED) is 0.534. The van der Waals surface area contributed by atoms with Crippen LogP contribution in [0.2, 0.25) is 0 Å². The van der Waals surface area contributed by atoms with Gasteiger partial charge in [0.2, 0.25) is 5.82 Å². The van der Waals surface area contributed by atoms with Crippen molar-refractivity contribution in [3.63, 3.8) is 0 Å². The zero-order valence-corrected chi connectivity index (χ0v) is 10.2. The molecule has 1 amide bonds. The average molecular weight is 327 g/mol. The summed E-state index contributed by atoms with van der Waals surface area (Å²) in [6, 6.07) is 0.771. The molecule has 0 aliphatic rings. The van der Waals surface area contributed by atoms with Gasteiger partial charge in [0, 0.05) is 6.20 Å². The Balaban J connectivity index is 2.36. The Bertz CT molecular complexity index is 715. The SMILES string of the molecule is O=C(Nc1c(F)c(F)c(F)c(F)c1F)c1ccn(C(F)F)n1. The first-order valence-corrected chi connectivity index (χ1v) is 5.40. The average Bonchev–Trinajstić information content (AvgIpc) is 2.97. The number of anilines is 1. The number of benzene rings is 1. The number of amides is 1. The summed E-state index contributed by atoms with van der Waals surface area (Å²) in [6.07, 6.45) is 0.693. The molecule has 2 aromatic rings. The van der Waals surface area contributed by atoms with Crippen LogP contribution in [0, 0.1) is 29.1 Å². The fraction of sp³-hybridized carbons (Fsp3) is 0.0909. The number of carbonyl (C=O) groups excluding carboxylic acids is 1. The molecule has 1 aromatic heterocycles. The van der Waals surface area contributed by atoms with Gasteiger partial charge in [-0.15, -0.1) is 0 Å². The molecule has 0 atom stereocenters. The molecule has 1 aromatic carbocycles. The number of nitrogens with one attached hydrogen (secondary N) is 1. The van der Waals surface area contributed by atoms with E-state index in [1.165, 1.54) is 5.32 Å². The maximum atomic E-state index is 13.3. The number of hydrogen-bond donors (Lipinski definition) is 1. The van der Waals surface area contributed by atoms with Gasteiger partial charge >= 0.3 is 6.55 Å². The van der Waals surface area contributed by atoms with Gasteiger partial charge in [0.1, 0.15) is 5.69 Å². The van der Waals surface area contributed by atoms with E-state index >= 15 is 0 Å². The number of rotatable bonds is 3. The van der Waals surface area contributed by atoms with Crippen LogP contribution in [-0.4, -0.2) is 15.7 Å². The molecule has 0 saturated heterocycles. The van der Waals surface area contributed by atoms with Crippen molar-refractivity contribution < 1.29 is 35.5 Å². The largest absolute Gasteiger partial charge is 0.333 e. The molecule has 2 rings (SSSR count). The number of hydrogen-bond acceptors (Lipinski definition) is 2. The van der Waals surface area contributed by atoms with Gasteiger partial charge in [0.15, 0.2) is 29.0 Å². The number of nitrogens with zero attached hydrogens (tertiary/aromatic N) is 2. The highest BCUT2D eigenvalue weighted by Gasteiger charge is 2.27. The summed E-state index contributed by atoms with van der Waals surface area (Å²) in [5.41, 5.74) is -2.31. The van der Waals surface area contributed by atoms with Crippen molar-refractivity contribution in [3.8, 4) is 0 Å². The maximum Gasteiger partial charge on any atom is 0.333 e. The molecule has 0 fully saturated rings. The lowest BCUT2D eigenvalue weighted by molar-refractivity contribution is 0.0561. The number of alkyl halides is 2. The molecule has 0 radical (unpaired) electrons. The first-order valence-electron chi connectivity index (χ1n) is 5.40. The third-order valence-electron chi connectivity index (χ3n) is 2.49. The monoisotopic (exact) mass is 327 g/mol. The van der Waals surface area contributed by atoms with E-state index in [1.807, 2.05) is 0 Å². The lowest BCUT2D eigenvalue weighted by atomic mass is 10.2. The number of aromatic nitrogens is 2. The van der Waals surface area contributed by atoms with Gasteiger partial charge in [-0.2, -0.15) is 13.9 Å². The van der Waals surface area contributed by atoms with E-state index < -0.39 is 52.9 Å². The Kier molecular flexibility index (Phi) is 4.06. The maximum absolute atomic E-state index is 13.3.